The van der Waals surface area contributed by atoms with Crippen LogP contribution < -0.4 is 5.32 Å². The molecule has 3 nitrogen and oxygen atoms in total. The fraction of sp³-hybridized carbons (Fsp3) is 0.533. The molecule has 1 unspecified atom stereocenters. The third-order valence-corrected chi connectivity index (χ3v) is 5.23. The molecule has 5 heteroatoms. The fourth-order valence-corrected chi connectivity index (χ4v) is 3.89. The molecule has 0 saturated carbocycles. The van der Waals surface area contributed by atoms with Crippen LogP contribution in [0.1, 0.15) is 41.2 Å². The second kappa shape index (κ2) is 6.74. The summed E-state index contributed by atoms with van der Waals surface area (Å²) in [5.41, 5.74) is 3.76. The average molecular weight is 312 g/mol. The van der Waals surface area contributed by atoms with Gasteiger partial charge >= 0.3 is 0 Å². The summed E-state index contributed by atoms with van der Waals surface area (Å²) in [5, 5.41) is 11.0. The number of halogens is 1. The lowest BCUT2D eigenvalue weighted by Crippen LogP contribution is -2.21. The molecule has 1 N–H and O–H groups in total. The van der Waals surface area contributed by atoms with Crippen LogP contribution in [0, 0.1) is 13.8 Å². The van der Waals surface area contributed by atoms with Gasteiger partial charge in [0, 0.05) is 23.7 Å². The zero-order chi connectivity index (χ0) is 14.7. The molecule has 0 fully saturated rings. The number of hydrogen-bond donors (Lipinski definition) is 1. The van der Waals surface area contributed by atoms with Crippen molar-refractivity contribution < 1.29 is 0 Å². The molecule has 0 spiro atoms. The third kappa shape index (κ3) is 3.25. The number of aromatic nitrogens is 2. The highest BCUT2D eigenvalue weighted by Gasteiger charge is 2.17. The zero-order valence-corrected chi connectivity index (χ0v) is 14.1. The minimum Gasteiger partial charge on any atom is -0.309 e. The van der Waals surface area contributed by atoms with E-state index in [1.165, 1.54) is 16.1 Å². The van der Waals surface area contributed by atoms with E-state index in [0.29, 0.717) is 6.04 Å². The third-order valence-electron chi connectivity index (χ3n) is 3.75. The summed E-state index contributed by atoms with van der Waals surface area (Å²) in [5.74, 6) is 0. The standard InChI is InChI=1S/C15H22ClN3S/c1-5-17-14(15-13(16)8-9-20-15)7-6-12-10(2)18-19(4)11(12)3/h8-9,14,17H,5-7H2,1-4H3. The van der Waals surface area contributed by atoms with E-state index in [1.807, 2.05) is 17.8 Å². The van der Waals surface area contributed by atoms with E-state index >= 15 is 0 Å². The van der Waals surface area contributed by atoms with Crippen molar-refractivity contribution in [3.8, 4) is 0 Å². The molecule has 0 bridgehead atoms. The molecular formula is C15H22ClN3S. The highest BCUT2D eigenvalue weighted by atomic mass is 35.5. The van der Waals surface area contributed by atoms with Gasteiger partial charge in [-0.25, -0.2) is 0 Å². The Morgan fingerprint density at radius 2 is 2.20 bits per heavy atom. The van der Waals surface area contributed by atoms with Crippen LogP contribution in [0.4, 0.5) is 0 Å². The Bertz CT molecular complexity index is 574. The molecule has 110 valence electrons. The maximum absolute atomic E-state index is 6.27. The van der Waals surface area contributed by atoms with Crippen LogP contribution in [-0.4, -0.2) is 16.3 Å². The Morgan fingerprint density at radius 3 is 2.70 bits per heavy atom. The van der Waals surface area contributed by atoms with Gasteiger partial charge in [0.15, 0.2) is 0 Å². The summed E-state index contributed by atoms with van der Waals surface area (Å²) in [7, 11) is 2.00. The van der Waals surface area contributed by atoms with Crippen molar-refractivity contribution in [1.82, 2.24) is 15.1 Å². The highest BCUT2D eigenvalue weighted by molar-refractivity contribution is 7.10. The molecule has 2 rings (SSSR count). The lowest BCUT2D eigenvalue weighted by atomic mass is 10.0. The molecule has 0 saturated heterocycles. The molecule has 2 aromatic heterocycles. The summed E-state index contributed by atoms with van der Waals surface area (Å²) >= 11 is 8.00. The number of rotatable bonds is 6. The van der Waals surface area contributed by atoms with Crippen LogP contribution in [0.25, 0.3) is 0 Å². The molecule has 0 aliphatic carbocycles. The molecule has 0 aromatic carbocycles. The molecule has 0 radical (unpaired) electrons. The van der Waals surface area contributed by atoms with Gasteiger partial charge in [0.2, 0.25) is 0 Å². The molecule has 2 heterocycles. The van der Waals surface area contributed by atoms with Gasteiger partial charge in [-0.15, -0.1) is 11.3 Å². The predicted molar refractivity (Wildman–Crippen MR) is 86.7 cm³/mol. The molecule has 0 amide bonds. The van der Waals surface area contributed by atoms with E-state index in [2.05, 4.69) is 36.6 Å². The van der Waals surface area contributed by atoms with Gasteiger partial charge in [0.05, 0.1) is 10.7 Å². The van der Waals surface area contributed by atoms with Crippen molar-refractivity contribution in [2.45, 2.75) is 39.7 Å². The van der Waals surface area contributed by atoms with Crippen LogP contribution in [0.2, 0.25) is 5.02 Å². The van der Waals surface area contributed by atoms with Gasteiger partial charge in [-0.3, -0.25) is 4.68 Å². The zero-order valence-electron chi connectivity index (χ0n) is 12.5. The van der Waals surface area contributed by atoms with Crippen molar-refractivity contribution in [2.24, 2.45) is 7.05 Å². The Labute approximate surface area is 130 Å². The normalized spacial score (nSPS) is 12.8. The monoisotopic (exact) mass is 311 g/mol. The summed E-state index contributed by atoms with van der Waals surface area (Å²) in [6, 6.07) is 2.30. The van der Waals surface area contributed by atoms with Crippen molar-refractivity contribution in [2.75, 3.05) is 6.54 Å². The summed E-state index contributed by atoms with van der Waals surface area (Å²) < 4.78 is 1.96. The van der Waals surface area contributed by atoms with Gasteiger partial charge in [-0.05, 0) is 50.2 Å². The number of thiophene rings is 1. The van der Waals surface area contributed by atoms with Gasteiger partial charge in [0.25, 0.3) is 0 Å². The Kier molecular flexibility index (Phi) is 5.24. The Balaban J connectivity index is 2.12. The highest BCUT2D eigenvalue weighted by Crippen LogP contribution is 2.31. The molecule has 2 aromatic rings. The fourth-order valence-electron chi connectivity index (χ4n) is 2.59. The maximum Gasteiger partial charge on any atom is 0.0628 e. The van der Waals surface area contributed by atoms with Gasteiger partial charge in [-0.2, -0.15) is 5.10 Å². The number of aryl methyl sites for hydroxylation is 2. The summed E-state index contributed by atoms with van der Waals surface area (Å²) in [4.78, 5) is 1.24. The van der Waals surface area contributed by atoms with Crippen molar-refractivity contribution in [1.29, 1.82) is 0 Å². The topological polar surface area (TPSA) is 29.9 Å². The molecule has 0 aliphatic rings. The molecule has 1 atom stereocenters. The van der Waals surface area contributed by atoms with Crippen molar-refractivity contribution >= 4 is 22.9 Å². The second-order valence-corrected chi connectivity index (χ2v) is 6.41. The summed E-state index contributed by atoms with van der Waals surface area (Å²) in [6.45, 7) is 7.30. The lowest BCUT2D eigenvalue weighted by Gasteiger charge is -2.17. The number of nitrogens with zero attached hydrogens (tertiary/aromatic N) is 2. The predicted octanol–water partition coefficient (Wildman–Crippen LogP) is 4.04. The van der Waals surface area contributed by atoms with Crippen molar-refractivity contribution in [3.63, 3.8) is 0 Å². The largest absolute Gasteiger partial charge is 0.309 e. The number of hydrogen-bond acceptors (Lipinski definition) is 3. The molecular weight excluding hydrogens is 290 g/mol. The molecule has 20 heavy (non-hydrogen) atoms. The van der Waals surface area contributed by atoms with E-state index in [1.54, 1.807) is 11.3 Å². The minimum atomic E-state index is 0.325. The van der Waals surface area contributed by atoms with E-state index in [0.717, 1.165) is 30.1 Å². The Hall–Kier alpha value is -0.840. The van der Waals surface area contributed by atoms with Crippen LogP contribution in [0.5, 0.6) is 0 Å². The number of nitrogens with one attached hydrogen (secondary N) is 1. The van der Waals surface area contributed by atoms with Gasteiger partial charge in [0.1, 0.15) is 0 Å². The average Bonchev–Trinajstić information content (AvgIpc) is 2.92. The first-order valence-corrected chi connectivity index (χ1v) is 8.25. The van der Waals surface area contributed by atoms with Crippen LogP contribution in [0.3, 0.4) is 0 Å². The van der Waals surface area contributed by atoms with Crippen LogP contribution >= 0.6 is 22.9 Å². The minimum absolute atomic E-state index is 0.325. The second-order valence-electron chi connectivity index (χ2n) is 5.05. The SMILES string of the molecule is CCNC(CCc1c(C)nn(C)c1C)c1sccc1Cl. The van der Waals surface area contributed by atoms with E-state index in [9.17, 15) is 0 Å². The van der Waals surface area contributed by atoms with E-state index in [4.69, 9.17) is 11.6 Å². The smallest absolute Gasteiger partial charge is 0.0628 e. The van der Waals surface area contributed by atoms with Crippen molar-refractivity contribution in [3.05, 3.63) is 38.3 Å². The van der Waals surface area contributed by atoms with E-state index < -0.39 is 0 Å². The first-order valence-electron chi connectivity index (χ1n) is 7.00. The van der Waals surface area contributed by atoms with E-state index in [-0.39, 0.29) is 0 Å². The first kappa shape index (κ1) is 15.5. The molecule has 0 aliphatic heterocycles. The maximum atomic E-state index is 6.27. The van der Waals surface area contributed by atoms with Gasteiger partial charge in [-0.1, -0.05) is 18.5 Å². The first-order chi connectivity index (χ1) is 9.54. The Morgan fingerprint density at radius 1 is 1.45 bits per heavy atom. The summed E-state index contributed by atoms with van der Waals surface area (Å²) in [6.07, 6.45) is 2.07. The van der Waals surface area contributed by atoms with Crippen LogP contribution in [0.15, 0.2) is 11.4 Å². The van der Waals surface area contributed by atoms with Crippen LogP contribution in [-0.2, 0) is 13.5 Å². The lowest BCUT2D eigenvalue weighted by molar-refractivity contribution is 0.522. The quantitative estimate of drug-likeness (QED) is 0.872. The van der Waals surface area contributed by atoms with Gasteiger partial charge < -0.3 is 5.32 Å².